The third-order valence-electron chi connectivity index (χ3n) is 3.02. The van der Waals surface area contributed by atoms with Crippen LogP contribution in [0.5, 0.6) is 17.2 Å². The van der Waals surface area contributed by atoms with Crippen molar-refractivity contribution in [2.45, 2.75) is 0 Å². The third kappa shape index (κ3) is 4.47. The minimum absolute atomic E-state index is 0.256. The molecule has 0 aliphatic rings. The van der Waals surface area contributed by atoms with Crippen molar-refractivity contribution in [1.29, 1.82) is 0 Å². The average Bonchev–Trinajstić information content (AvgIpc) is 2.60. The summed E-state index contributed by atoms with van der Waals surface area (Å²) in [5, 5.41) is 2.50. The molecule has 0 saturated heterocycles. The van der Waals surface area contributed by atoms with Gasteiger partial charge in [0.15, 0.2) is 11.5 Å². The largest absolute Gasteiger partial charge is 0.497 e. The van der Waals surface area contributed by atoms with E-state index in [1.54, 1.807) is 48.5 Å². The molecule has 2 rings (SSSR count). The first-order chi connectivity index (χ1) is 11.1. The summed E-state index contributed by atoms with van der Waals surface area (Å²) in [6.07, 6.45) is 0. The highest BCUT2D eigenvalue weighted by molar-refractivity contribution is 5.96. The minimum atomic E-state index is -0.592. The number of hydrogen-bond donors (Lipinski definition) is 1. The van der Waals surface area contributed by atoms with Crippen molar-refractivity contribution in [3.05, 3.63) is 54.1 Å². The van der Waals surface area contributed by atoms with Crippen molar-refractivity contribution >= 4 is 11.9 Å². The monoisotopic (exact) mass is 315 g/mol. The van der Waals surface area contributed by atoms with Crippen LogP contribution in [0.3, 0.4) is 0 Å². The van der Waals surface area contributed by atoms with E-state index in [0.717, 1.165) is 0 Å². The van der Waals surface area contributed by atoms with Crippen molar-refractivity contribution < 1.29 is 23.8 Å². The maximum absolute atomic E-state index is 12.0. The maximum atomic E-state index is 12.0. The lowest BCUT2D eigenvalue weighted by molar-refractivity contribution is -0.133. The van der Waals surface area contributed by atoms with Gasteiger partial charge in [0.1, 0.15) is 12.3 Å². The highest BCUT2D eigenvalue weighted by Gasteiger charge is 2.12. The lowest BCUT2D eigenvalue weighted by atomic mass is 10.2. The zero-order chi connectivity index (χ0) is 16.7. The van der Waals surface area contributed by atoms with Crippen LogP contribution in [0.4, 0.5) is 0 Å². The number of para-hydroxylation sites is 2. The van der Waals surface area contributed by atoms with E-state index in [1.807, 2.05) is 0 Å². The Morgan fingerprint density at radius 1 is 0.957 bits per heavy atom. The van der Waals surface area contributed by atoms with Crippen LogP contribution < -0.4 is 19.5 Å². The molecule has 2 aromatic carbocycles. The molecule has 120 valence electrons. The molecular weight excluding hydrogens is 298 g/mol. The minimum Gasteiger partial charge on any atom is -0.497 e. The molecular formula is C17H17NO5. The number of benzene rings is 2. The van der Waals surface area contributed by atoms with Crippen LogP contribution in [0.15, 0.2) is 48.5 Å². The molecule has 0 aliphatic carbocycles. The standard InChI is InChI=1S/C17H17NO5/c1-21-13-7-5-6-12(10-13)17(20)18-11-16(19)23-15-9-4-3-8-14(15)22-2/h3-10H,11H2,1-2H3,(H,18,20). The summed E-state index contributed by atoms with van der Waals surface area (Å²) >= 11 is 0. The molecule has 0 atom stereocenters. The van der Waals surface area contributed by atoms with Crippen LogP contribution in [0.25, 0.3) is 0 Å². The van der Waals surface area contributed by atoms with Crippen LogP contribution in [0, 0.1) is 0 Å². The number of hydrogen-bond acceptors (Lipinski definition) is 5. The van der Waals surface area contributed by atoms with Gasteiger partial charge >= 0.3 is 5.97 Å². The lowest BCUT2D eigenvalue weighted by Gasteiger charge is -2.09. The van der Waals surface area contributed by atoms with Gasteiger partial charge in [-0.2, -0.15) is 0 Å². The first kappa shape index (κ1) is 16.4. The summed E-state index contributed by atoms with van der Waals surface area (Å²) in [6, 6.07) is 13.4. The van der Waals surface area contributed by atoms with Crippen molar-refractivity contribution in [2.24, 2.45) is 0 Å². The SMILES string of the molecule is COc1cccc(C(=O)NCC(=O)Oc2ccccc2OC)c1. The van der Waals surface area contributed by atoms with Gasteiger partial charge in [-0.3, -0.25) is 4.79 Å². The van der Waals surface area contributed by atoms with Crippen LogP contribution in [0.1, 0.15) is 10.4 Å². The number of amides is 1. The Morgan fingerprint density at radius 3 is 2.39 bits per heavy atom. The predicted octanol–water partition coefficient (Wildman–Crippen LogP) is 2.04. The molecule has 2 aromatic rings. The molecule has 0 radical (unpaired) electrons. The van der Waals surface area contributed by atoms with E-state index in [4.69, 9.17) is 14.2 Å². The molecule has 0 bridgehead atoms. The van der Waals surface area contributed by atoms with E-state index >= 15 is 0 Å². The molecule has 23 heavy (non-hydrogen) atoms. The summed E-state index contributed by atoms with van der Waals surface area (Å²) < 4.78 is 15.3. The number of nitrogens with one attached hydrogen (secondary N) is 1. The van der Waals surface area contributed by atoms with Gasteiger partial charge in [0, 0.05) is 5.56 Å². The number of rotatable bonds is 6. The Balaban J connectivity index is 1.92. The Hall–Kier alpha value is -3.02. The summed E-state index contributed by atoms with van der Waals surface area (Å²) in [5.74, 6) is 0.330. The van der Waals surface area contributed by atoms with Gasteiger partial charge in [-0.15, -0.1) is 0 Å². The maximum Gasteiger partial charge on any atom is 0.330 e. The second kappa shape index (κ2) is 7.84. The first-order valence-electron chi connectivity index (χ1n) is 6.90. The summed E-state index contributed by atoms with van der Waals surface area (Å²) in [7, 11) is 3.00. The predicted molar refractivity (Wildman–Crippen MR) is 84.0 cm³/mol. The summed E-state index contributed by atoms with van der Waals surface area (Å²) in [6.45, 7) is -0.256. The number of esters is 1. The molecule has 6 nitrogen and oxygen atoms in total. The molecule has 0 saturated carbocycles. The van der Waals surface area contributed by atoms with Crippen LogP contribution >= 0.6 is 0 Å². The smallest absolute Gasteiger partial charge is 0.330 e. The van der Waals surface area contributed by atoms with Gasteiger partial charge in [0.05, 0.1) is 14.2 Å². The molecule has 6 heteroatoms. The number of ether oxygens (including phenoxy) is 3. The average molecular weight is 315 g/mol. The zero-order valence-corrected chi connectivity index (χ0v) is 12.9. The van der Waals surface area contributed by atoms with Crippen molar-refractivity contribution in [3.63, 3.8) is 0 Å². The highest BCUT2D eigenvalue weighted by Crippen LogP contribution is 2.25. The summed E-state index contributed by atoms with van der Waals surface area (Å²) in [4.78, 5) is 23.8. The Bertz CT molecular complexity index is 699. The second-order valence-corrected chi connectivity index (χ2v) is 4.54. The van der Waals surface area contributed by atoms with E-state index in [1.165, 1.54) is 14.2 Å². The Morgan fingerprint density at radius 2 is 1.70 bits per heavy atom. The number of methoxy groups -OCH3 is 2. The quantitative estimate of drug-likeness (QED) is 0.652. The second-order valence-electron chi connectivity index (χ2n) is 4.54. The normalized spacial score (nSPS) is 9.83. The molecule has 0 aliphatic heterocycles. The Kier molecular flexibility index (Phi) is 5.57. The van der Waals surface area contributed by atoms with Crippen LogP contribution in [0.2, 0.25) is 0 Å². The Labute approximate surface area is 134 Å². The van der Waals surface area contributed by atoms with Crippen molar-refractivity contribution in [3.8, 4) is 17.2 Å². The molecule has 1 amide bonds. The topological polar surface area (TPSA) is 73.9 Å². The first-order valence-corrected chi connectivity index (χ1v) is 6.90. The van der Waals surface area contributed by atoms with Gasteiger partial charge in [-0.05, 0) is 30.3 Å². The van der Waals surface area contributed by atoms with Crippen molar-refractivity contribution in [2.75, 3.05) is 20.8 Å². The molecule has 0 spiro atoms. The molecule has 0 fully saturated rings. The van der Waals surface area contributed by atoms with E-state index in [-0.39, 0.29) is 12.5 Å². The van der Waals surface area contributed by atoms with Gasteiger partial charge in [-0.25, -0.2) is 4.79 Å². The van der Waals surface area contributed by atoms with Gasteiger partial charge in [0.2, 0.25) is 0 Å². The lowest BCUT2D eigenvalue weighted by Crippen LogP contribution is -2.31. The number of carbonyl (C=O) groups excluding carboxylic acids is 2. The molecule has 0 heterocycles. The van der Waals surface area contributed by atoms with E-state index < -0.39 is 5.97 Å². The fourth-order valence-electron chi connectivity index (χ4n) is 1.88. The third-order valence-corrected chi connectivity index (χ3v) is 3.02. The van der Waals surface area contributed by atoms with Crippen molar-refractivity contribution in [1.82, 2.24) is 5.32 Å². The summed E-state index contributed by atoms with van der Waals surface area (Å²) in [5.41, 5.74) is 0.398. The number of carbonyl (C=O) groups is 2. The van der Waals surface area contributed by atoms with Gasteiger partial charge < -0.3 is 19.5 Å². The van der Waals surface area contributed by atoms with E-state index in [0.29, 0.717) is 22.8 Å². The fraction of sp³-hybridized carbons (Fsp3) is 0.176. The zero-order valence-electron chi connectivity index (χ0n) is 12.9. The van der Waals surface area contributed by atoms with E-state index in [9.17, 15) is 9.59 Å². The fourth-order valence-corrected chi connectivity index (χ4v) is 1.88. The van der Waals surface area contributed by atoms with E-state index in [2.05, 4.69) is 5.32 Å². The molecule has 1 N–H and O–H groups in total. The van der Waals surface area contributed by atoms with Crippen LogP contribution in [-0.2, 0) is 4.79 Å². The van der Waals surface area contributed by atoms with Crippen LogP contribution in [-0.4, -0.2) is 32.6 Å². The molecule has 0 aromatic heterocycles. The van der Waals surface area contributed by atoms with Gasteiger partial charge in [-0.1, -0.05) is 18.2 Å². The van der Waals surface area contributed by atoms with Gasteiger partial charge in [0.25, 0.3) is 5.91 Å². The molecule has 0 unspecified atom stereocenters. The highest BCUT2D eigenvalue weighted by atomic mass is 16.6.